The monoisotopic (exact) mass is 569 g/mol. The third kappa shape index (κ3) is 8.49. The third-order valence-electron chi connectivity index (χ3n) is 4.97. The number of nitrogens with one attached hydrogen (secondary N) is 3. The summed E-state index contributed by atoms with van der Waals surface area (Å²) in [6.45, 7) is 11.4. The van der Waals surface area contributed by atoms with Gasteiger partial charge in [0, 0.05) is 19.0 Å². The Labute approximate surface area is 213 Å². The van der Waals surface area contributed by atoms with Crippen LogP contribution in [0.1, 0.15) is 57.4 Å². The highest BCUT2D eigenvalue weighted by molar-refractivity contribution is 14.0. The van der Waals surface area contributed by atoms with E-state index >= 15 is 0 Å². The van der Waals surface area contributed by atoms with Crippen LogP contribution in [0.5, 0.6) is 0 Å². The molecular weight excluding hydrogens is 533 g/mol. The first-order chi connectivity index (χ1) is 15.2. The van der Waals surface area contributed by atoms with E-state index in [1.54, 1.807) is 0 Å². The van der Waals surface area contributed by atoms with E-state index in [1.807, 2.05) is 69.6 Å². The van der Waals surface area contributed by atoms with Gasteiger partial charge in [-0.25, -0.2) is 14.5 Å². The summed E-state index contributed by atoms with van der Waals surface area (Å²) >= 11 is 0. The average Bonchev–Trinajstić information content (AvgIpc) is 3.09. The van der Waals surface area contributed by atoms with Gasteiger partial charge in [0.1, 0.15) is 17.2 Å². The molecule has 33 heavy (non-hydrogen) atoms. The molecule has 0 spiro atoms. The number of nitrogens with zero attached hydrogens (tertiary/aromatic N) is 4. The molecule has 0 fully saturated rings. The zero-order valence-corrected chi connectivity index (χ0v) is 22.4. The molecule has 0 saturated carbocycles. The normalized spacial score (nSPS) is 16.8. The summed E-state index contributed by atoms with van der Waals surface area (Å²) in [4.78, 5) is 21.7. The van der Waals surface area contributed by atoms with Gasteiger partial charge in [0.05, 0.1) is 19.1 Å². The number of ether oxygens (including phenoxy) is 1. The largest absolute Gasteiger partial charge is 0.444 e. The van der Waals surface area contributed by atoms with Gasteiger partial charge in [0.25, 0.3) is 0 Å². The van der Waals surface area contributed by atoms with Crippen molar-refractivity contribution >= 4 is 36.0 Å². The molecule has 2 aromatic rings. The number of hydrogen-bond acceptors (Lipinski definition) is 5. The second-order valence-corrected chi connectivity index (χ2v) is 8.97. The van der Waals surface area contributed by atoms with Gasteiger partial charge >= 0.3 is 6.09 Å². The van der Waals surface area contributed by atoms with Gasteiger partial charge in [-0.05, 0) is 46.6 Å². The lowest BCUT2D eigenvalue weighted by atomic mass is 10.1. The molecule has 1 aromatic heterocycles. The van der Waals surface area contributed by atoms with Gasteiger partial charge in [-0.1, -0.05) is 30.3 Å². The molecule has 0 bridgehead atoms. The first kappa shape index (κ1) is 26.9. The number of benzene rings is 1. The van der Waals surface area contributed by atoms with Crippen molar-refractivity contribution in [2.75, 3.05) is 13.1 Å². The number of aliphatic imine (C=N–C) groups is 1. The minimum absolute atomic E-state index is 0. The molecule has 10 heteroatoms. The van der Waals surface area contributed by atoms with E-state index in [0.717, 1.165) is 43.1 Å². The number of carbonyl (C=O) groups is 1. The van der Waals surface area contributed by atoms with Crippen LogP contribution in [0.4, 0.5) is 4.79 Å². The molecule has 0 aliphatic carbocycles. The Morgan fingerprint density at radius 3 is 2.70 bits per heavy atom. The predicted octanol–water partition coefficient (Wildman–Crippen LogP) is 3.34. The van der Waals surface area contributed by atoms with Gasteiger partial charge in [-0.2, -0.15) is 5.10 Å². The number of halogens is 1. The lowest BCUT2D eigenvalue weighted by Gasteiger charge is -2.26. The lowest BCUT2D eigenvalue weighted by molar-refractivity contribution is 0.0505. The molecule has 1 aliphatic rings. The number of alkyl carbamates (subject to hydrolysis) is 1. The Morgan fingerprint density at radius 1 is 1.30 bits per heavy atom. The number of guanidine groups is 1. The topological polar surface area (TPSA) is 105 Å². The number of aromatic nitrogens is 3. The van der Waals surface area contributed by atoms with Crippen LogP contribution in [0, 0.1) is 6.92 Å². The Balaban J connectivity index is 0.00000385. The summed E-state index contributed by atoms with van der Waals surface area (Å²) in [6, 6.07) is 9.71. The van der Waals surface area contributed by atoms with Crippen LogP contribution >= 0.6 is 24.0 Å². The van der Waals surface area contributed by atoms with E-state index in [-0.39, 0.29) is 36.1 Å². The van der Waals surface area contributed by atoms with Crippen LogP contribution in [0.3, 0.4) is 0 Å². The average molecular weight is 569 g/mol. The SMILES string of the molecule is CCNC(=NCC(NC(=O)OC(C)(C)C)c1ccccc1)NC1CCc2nc(C)nn2C1.I. The lowest BCUT2D eigenvalue weighted by Crippen LogP contribution is -2.47. The molecule has 0 radical (unpaired) electrons. The van der Waals surface area contributed by atoms with Gasteiger partial charge in [-0.15, -0.1) is 24.0 Å². The number of amides is 1. The molecular formula is C23H36IN7O2. The van der Waals surface area contributed by atoms with E-state index in [4.69, 9.17) is 9.73 Å². The minimum Gasteiger partial charge on any atom is -0.444 e. The van der Waals surface area contributed by atoms with E-state index in [0.29, 0.717) is 12.5 Å². The molecule has 9 nitrogen and oxygen atoms in total. The molecule has 3 rings (SSSR count). The molecule has 1 amide bonds. The molecule has 0 saturated heterocycles. The smallest absolute Gasteiger partial charge is 0.408 e. The molecule has 2 atom stereocenters. The number of carbonyl (C=O) groups excluding carboxylic acids is 1. The van der Waals surface area contributed by atoms with Crippen molar-refractivity contribution in [3.63, 3.8) is 0 Å². The van der Waals surface area contributed by atoms with Gasteiger partial charge in [-0.3, -0.25) is 4.99 Å². The number of rotatable bonds is 6. The fraction of sp³-hybridized carbons (Fsp3) is 0.565. The van der Waals surface area contributed by atoms with Crippen LogP contribution in [0.25, 0.3) is 0 Å². The summed E-state index contributed by atoms with van der Waals surface area (Å²) in [6.07, 6.45) is 1.38. The maximum absolute atomic E-state index is 12.4. The highest BCUT2D eigenvalue weighted by Crippen LogP contribution is 2.16. The third-order valence-corrected chi connectivity index (χ3v) is 4.97. The first-order valence-corrected chi connectivity index (χ1v) is 11.2. The second kappa shape index (κ2) is 12.2. The molecule has 2 unspecified atom stereocenters. The molecule has 3 N–H and O–H groups in total. The van der Waals surface area contributed by atoms with Crippen molar-refractivity contribution in [1.82, 2.24) is 30.7 Å². The highest BCUT2D eigenvalue weighted by atomic mass is 127. The summed E-state index contributed by atoms with van der Waals surface area (Å²) < 4.78 is 7.42. The van der Waals surface area contributed by atoms with Gasteiger partial charge in [0.2, 0.25) is 0 Å². The number of hydrogen-bond donors (Lipinski definition) is 3. The minimum atomic E-state index is -0.565. The van der Waals surface area contributed by atoms with Crippen molar-refractivity contribution in [3.05, 3.63) is 47.5 Å². The molecule has 1 aromatic carbocycles. The second-order valence-electron chi connectivity index (χ2n) is 8.97. The Kier molecular flexibility index (Phi) is 9.93. The maximum atomic E-state index is 12.4. The molecule has 2 heterocycles. The number of aryl methyl sites for hydroxylation is 2. The van der Waals surface area contributed by atoms with E-state index in [2.05, 4.69) is 26.0 Å². The van der Waals surface area contributed by atoms with Gasteiger partial charge < -0.3 is 20.7 Å². The van der Waals surface area contributed by atoms with Crippen LogP contribution in [-0.2, 0) is 17.7 Å². The summed E-state index contributed by atoms with van der Waals surface area (Å²) in [7, 11) is 0. The standard InChI is InChI=1S/C23H35N7O2.HI/c1-6-24-21(27-18-12-13-20-26-16(2)29-30(20)15-18)25-14-19(17-10-8-7-9-11-17)28-22(31)32-23(3,4)5;/h7-11,18-19H,6,12-15H2,1-5H3,(H,28,31)(H2,24,25,27);1H. The van der Waals surface area contributed by atoms with E-state index < -0.39 is 11.7 Å². The molecule has 182 valence electrons. The van der Waals surface area contributed by atoms with Crippen molar-refractivity contribution in [3.8, 4) is 0 Å². The predicted molar refractivity (Wildman–Crippen MR) is 140 cm³/mol. The zero-order chi connectivity index (χ0) is 23.1. The zero-order valence-electron chi connectivity index (χ0n) is 20.1. The fourth-order valence-electron chi connectivity index (χ4n) is 3.62. The summed E-state index contributed by atoms with van der Waals surface area (Å²) in [5.74, 6) is 2.55. The van der Waals surface area contributed by atoms with E-state index in [1.165, 1.54) is 0 Å². The molecule has 1 aliphatic heterocycles. The summed E-state index contributed by atoms with van der Waals surface area (Å²) in [5.41, 5.74) is 0.406. The van der Waals surface area contributed by atoms with Crippen LogP contribution in [0.2, 0.25) is 0 Å². The van der Waals surface area contributed by atoms with Gasteiger partial charge in [0.15, 0.2) is 5.96 Å². The Bertz CT molecular complexity index is 925. The Hall–Kier alpha value is -2.37. The van der Waals surface area contributed by atoms with Crippen molar-refractivity contribution in [1.29, 1.82) is 0 Å². The van der Waals surface area contributed by atoms with Crippen LogP contribution < -0.4 is 16.0 Å². The van der Waals surface area contributed by atoms with Crippen LogP contribution in [0.15, 0.2) is 35.3 Å². The Morgan fingerprint density at radius 2 is 2.03 bits per heavy atom. The van der Waals surface area contributed by atoms with Crippen molar-refractivity contribution < 1.29 is 9.53 Å². The van der Waals surface area contributed by atoms with Crippen LogP contribution in [-0.4, -0.2) is 51.5 Å². The van der Waals surface area contributed by atoms with Crippen molar-refractivity contribution in [2.24, 2.45) is 4.99 Å². The first-order valence-electron chi connectivity index (χ1n) is 11.2. The number of fused-ring (bicyclic) bond motifs is 1. The maximum Gasteiger partial charge on any atom is 0.408 e. The summed E-state index contributed by atoms with van der Waals surface area (Å²) in [5, 5.41) is 14.3. The highest BCUT2D eigenvalue weighted by Gasteiger charge is 2.23. The fourth-order valence-corrected chi connectivity index (χ4v) is 3.62. The quantitative estimate of drug-likeness (QED) is 0.280. The van der Waals surface area contributed by atoms with E-state index in [9.17, 15) is 4.79 Å². The van der Waals surface area contributed by atoms with Crippen molar-refractivity contribution in [2.45, 2.75) is 71.7 Å².